The number of rotatable bonds is 9. The zero-order chi connectivity index (χ0) is 12.5. The Balaban J connectivity index is 2.15. The molecule has 0 aliphatic heterocycles. The minimum Gasteiger partial charge on any atom is -0.380 e. The summed E-state index contributed by atoms with van der Waals surface area (Å²) in [5.74, 6) is 0. The SMILES string of the molecule is C=CCCOCCNCc1cn(C)nc1CC. The summed E-state index contributed by atoms with van der Waals surface area (Å²) in [4.78, 5) is 0. The van der Waals surface area contributed by atoms with Gasteiger partial charge in [-0.2, -0.15) is 5.10 Å². The zero-order valence-corrected chi connectivity index (χ0v) is 10.9. The van der Waals surface area contributed by atoms with Crippen LogP contribution < -0.4 is 5.32 Å². The fraction of sp³-hybridized carbons (Fsp3) is 0.615. The first-order valence-electron chi connectivity index (χ1n) is 6.18. The molecule has 17 heavy (non-hydrogen) atoms. The number of ether oxygens (including phenoxy) is 1. The Kier molecular flexibility index (Phi) is 6.58. The molecule has 0 spiro atoms. The van der Waals surface area contributed by atoms with E-state index in [1.165, 1.54) is 11.3 Å². The third kappa shape index (κ3) is 5.15. The van der Waals surface area contributed by atoms with Crippen molar-refractivity contribution in [3.05, 3.63) is 30.1 Å². The molecule has 1 heterocycles. The van der Waals surface area contributed by atoms with E-state index in [-0.39, 0.29) is 0 Å². The predicted octanol–water partition coefficient (Wildman–Crippen LogP) is 1.66. The second-order valence-corrected chi connectivity index (χ2v) is 3.99. The molecule has 0 aliphatic carbocycles. The first-order chi connectivity index (χ1) is 8.27. The number of hydrogen-bond donors (Lipinski definition) is 1. The third-order valence-electron chi connectivity index (χ3n) is 2.53. The molecule has 1 aromatic heterocycles. The van der Waals surface area contributed by atoms with Gasteiger partial charge in [0.2, 0.25) is 0 Å². The number of nitrogens with zero attached hydrogens (tertiary/aromatic N) is 2. The van der Waals surface area contributed by atoms with Crippen LogP contribution in [0.2, 0.25) is 0 Å². The van der Waals surface area contributed by atoms with E-state index < -0.39 is 0 Å². The lowest BCUT2D eigenvalue weighted by molar-refractivity contribution is 0.140. The molecule has 1 aromatic rings. The molecule has 0 radical (unpaired) electrons. The maximum atomic E-state index is 5.42. The summed E-state index contributed by atoms with van der Waals surface area (Å²) in [5, 5.41) is 7.77. The zero-order valence-electron chi connectivity index (χ0n) is 10.9. The average molecular weight is 237 g/mol. The van der Waals surface area contributed by atoms with Crippen LogP contribution in [0.25, 0.3) is 0 Å². The van der Waals surface area contributed by atoms with Gasteiger partial charge in [0.15, 0.2) is 0 Å². The van der Waals surface area contributed by atoms with E-state index in [9.17, 15) is 0 Å². The summed E-state index contributed by atoms with van der Waals surface area (Å²) in [7, 11) is 1.96. The van der Waals surface area contributed by atoms with Crippen LogP contribution in [0.15, 0.2) is 18.9 Å². The fourth-order valence-corrected chi connectivity index (χ4v) is 1.67. The van der Waals surface area contributed by atoms with Gasteiger partial charge in [-0.15, -0.1) is 6.58 Å². The summed E-state index contributed by atoms with van der Waals surface area (Å²) in [6.07, 6.45) is 5.84. The van der Waals surface area contributed by atoms with Crippen LogP contribution in [0.1, 0.15) is 24.6 Å². The molecule has 0 amide bonds. The number of hydrogen-bond acceptors (Lipinski definition) is 3. The molecule has 4 nitrogen and oxygen atoms in total. The maximum absolute atomic E-state index is 5.42. The van der Waals surface area contributed by atoms with Crippen molar-refractivity contribution in [3.63, 3.8) is 0 Å². The van der Waals surface area contributed by atoms with Crippen LogP contribution in [0, 0.1) is 0 Å². The second kappa shape index (κ2) is 8.03. The highest BCUT2D eigenvalue weighted by Gasteiger charge is 2.04. The standard InChI is InChI=1S/C13H23N3O/c1-4-6-8-17-9-7-14-10-12-11-16(3)15-13(12)5-2/h4,11,14H,1,5-10H2,2-3H3. The first-order valence-corrected chi connectivity index (χ1v) is 6.18. The summed E-state index contributed by atoms with van der Waals surface area (Å²) >= 11 is 0. The van der Waals surface area contributed by atoms with E-state index in [1.807, 2.05) is 17.8 Å². The van der Waals surface area contributed by atoms with Crippen LogP contribution in [0.4, 0.5) is 0 Å². The fourth-order valence-electron chi connectivity index (χ4n) is 1.67. The summed E-state index contributed by atoms with van der Waals surface area (Å²) in [5.41, 5.74) is 2.45. The average Bonchev–Trinajstić information content (AvgIpc) is 2.68. The summed E-state index contributed by atoms with van der Waals surface area (Å²) < 4.78 is 7.29. The Bertz CT molecular complexity index is 333. The first kappa shape index (κ1) is 13.9. The predicted molar refractivity (Wildman–Crippen MR) is 69.9 cm³/mol. The minimum absolute atomic E-state index is 0.746. The van der Waals surface area contributed by atoms with E-state index in [2.05, 4.69) is 30.1 Å². The van der Waals surface area contributed by atoms with Gasteiger partial charge < -0.3 is 10.1 Å². The minimum atomic E-state index is 0.746. The van der Waals surface area contributed by atoms with Gasteiger partial charge >= 0.3 is 0 Å². The van der Waals surface area contributed by atoms with Crippen LogP contribution in [-0.4, -0.2) is 29.5 Å². The molecule has 96 valence electrons. The van der Waals surface area contributed by atoms with Gasteiger partial charge in [0.25, 0.3) is 0 Å². The Labute approximate surface area is 104 Å². The topological polar surface area (TPSA) is 39.1 Å². The lowest BCUT2D eigenvalue weighted by atomic mass is 10.2. The molecule has 0 bridgehead atoms. The Morgan fingerprint density at radius 3 is 3.06 bits per heavy atom. The largest absolute Gasteiger partial charge is 0.380 e. The molecule has 0 unspecified atom stereocenters. The molecule has 1 rings (SSSR count). The van der Waals surface area contributed by atoms with Gasteiger partial charge in [0.05, 0.1) is 18.9 Å². The van der Waals surface area contributed by atoms with Crippen LogP contribution in [0.3, 0.4) is 0 Å². The van der Waals surface area contributed by atoms with E-state index in [4.69, 9.17) is 4.74 Å². The Morgan fingerprint density at radius 2 is 2.35 bits per heavy atom. The number of aromatic nitrogens is 2. The van der Waals surface area contributed by atoms with Crippen molar-refractivity contribution >= 4 is 0 Å². The van der Waals surface area contributed by atoms with Crippen LogP contribution >= 0.6 is 0 Å². The van der Waals surface area contributed by atoms with Crippen molar-refractivity contribution < 1.29 is 4.74 Å². The van der Waals surface area contributed by atoms with Crippen molar-refractivity contribution in [2.45, 2.75) is 26.3 Å². The van der Waals surface area contributed by atoms with Gasteiger partial charge in [0.1, 0.15) is 0 Å². The monoisotopic (exact) mass is 237 g/mol. The summed E-state index contributed by atoms with van der Waals surface area (Å²) in [6.45, 7) is 9.02. The van der Waals surface area contributed by atoms with Gasteiger partial charge in [-0.25, -0.2) is 0 Å². The van der Waals surface area contributed by atoms with E-state index in [1.54, 1.807) is 0 Å². The quantitative estimate of drug-likeness (QED) is 0.524. The molecule has 4 heteroatoms. The molecule has 0 aromatic carbocycles. The van der Waals surface area contributed by atoms with Crippen molar-refractivity contribution in [1.82, 2.24) is 15.1 Å². The smallest absolute Gasteiger partial charge is 0.0666 e. The second-order valence-electron chi connectivity index (χ2n) is 3.99. The third-order valence-corrected chi connectivity index (χ3v) is 2.53. The van der Waals surface area contributed by atoms with Crippen molar-refractivity contribution in [2.75, 3.05) is 19.8 Å². The lowest BCUT2D eigenvalue weighted by Gasteiger charge is -2.05. The summed E-state index contributed by atoms with van der Waals surface area (Å²) in [6, 6.07) is 0. The highest BCUT2D eigenvalue weighted by Crippen LogP contribution is 2.06. The molecular weight excluding hydrogens is 214 g/mol. The highest BCUT2D eigenvalue weighted by atomic mass is 16.5. The molecule has 1 N–H and O–H groups in total. The Hall–Kier alpha value is -1.13. The van der Waals surface area contributed by atoms with Crippen molar-refractivity contribution in [2.24, 2.45) is 7.05 Å². The van der Waals surface area contributed by atoms with Crippen LogP contribution in [0.5, 0.6) is 0 Å². The van der Waals surface area contributed by atoms with Crippen LogP contribution in [-0.2, 0) is 24.8 Å². The molecular formula is C13H23N3O. The molecule has 0 fully saturated rings. The molecule has 0 saturated heterocycles. The molecule has 0 aliphatic rings. The van der Waals surface area contributed by atoms with E-state index in [0.717, 1.165) is 39.1 Å². The lowest BCUT2D eigenvalue weighted by Crippen LogP contribution is -2.19. The van der Waals surface area contributed by atoms with Gasteiger partial charge in [-0.05, 0) is 12.8 Å². The van der Waals surface area contributed by atoms with E-state index >= 15 is 0 Å². The van der Waals surface area contributed by atoms with Gasteiger partial charge in [-0.1, -0.05) is 13.0 Å². The normalized spacial score (nSPS) is 10.7. The Morgan fingerprint density at radius 1 is 1.53 bits per heavy atom. The number of aryl methyl sites for hydroxylation is 2. The van der Waals surface area contributed by atoms with Gasteiger partial charge in [-0.3, -0.25) is 4.68 Å². The van der Waals surface area contributed by atoms with Gasteiger partial charge in [0, 0.05) is 31.9 Å². The number of nitrogens with one attached hydrogen (secondary N) is 1. The maximum Gasteiger partial charge on any atom is 0.0666 e. The van der Waals surface area contributed by atoms with Crippen molar-refractivity contribution in [3.8, 4) is 0 Å². The molecule has 0 atom stereocenters. The molecule has 0 saturated carbocycles. The van der Waals surface area contributed by atoms with E-state index in [0.29, 0.717) is 0 Å². The highest BCUT2D eigenvalue weighted by molar-refractivity contribution is 5.16. The van der Waals surface area contributed by atoms with Crippen molar-refractivity contribution in [1.29, 1.82) is 0 Å².